The average molecular weight is 312 g/mol. The molecule has 0 aromatic carbocycles. The Hall–Kier alpha value is -1.33. The SMILES string of the molecule is CCn1ncc(NC(C)Cc2ccc(C)s2)c(Cl)c1=O. The molecule has 0 fully saturated rings. The van der Waals surface area contributed by atoms with E-state index < -0.39 is 0 Å². The van der Waals surface area contributed by atoms with Gasteiger partial charge in [-0.1, -0.05) is 11.6 Å². The third kappa shape index (κ3) is 3.41. The fourth-order valence-corrected chi connectivity index (χ4v) is 3.22. The predicted octanol–water partition coefficient (Wildman–Crippen LogP) is 3.33. The Labute approximate surface area is 127 Å². The molecule has 0 saturated carbocycles. The van der Waals surface area contributed by atoms with E-state index in [-0.39, 0.29) is 16.6 Å². The molecule has 2 aromatic rings. The fourth-order valence-electron chi connectivity index (χ4n) is 2.00. The zero-order valence-corrected chi connectivity index (χ0v) is 13.4. The van der Waals surface area contributed by atoms with E-state index in [0.29, 0.717) is 12.2 Å². The summed E-state index contributed by atoms with van der Waals surface area (Å²) in [4.78, 5) is 14.5. The van der Waals surface area contributed by atoms with E-state index in [1.54, 1.807) is 17.5 Å². The van der Waals surface area contributed by atoms with Crippen LogP contribution in [0.4, 0.5) is 5.69 Å². The lowest BCUT2D eigenvalue weighted by Gasteiger charge is -2.15. The minimum Gasteiger partial charge on any atom is -0.380 e. The molecule has 1 unspecified atom stereocenters. The number of nitrogens with zero attached hydrogens (tertiary/aromatic N) is 2. The lowest BCUT2D eigenvalue weighted by molar-refractivity contribution is 0.615. The standard InChI is InChI=1S/C14H18ClN3OS/c1-4-18-14(19)13(15)12(8-16-18)17-9(2)7-11-6-5-10(3)20-11/h5-6,8-9,17H,4,7H2,1-3H3. The van der Waals surface area contributed by atoms with Gasteiger partial charge in [0.2, 0.25) is 0 Å². The van der Waals surface area contributed by atoms with Crippen molar-refractivity contribution in [2.24, 2.45) is 0 Å². The number of halogens is 1. The van der Waals surface area contributed by atoms with E-state index in [2.05, 4.69) is 36.4 Å². The van der Waals surface area contributed by atoms with Crippen molar-refractivity contribution in [2.45, 2.75) is 39.8 Å². The molecule has 6 heteroatoms. The van der Waals surface area contributed by atoms with Crippen LogP contribution in [0.2, 0.25) is 5.02 Å². The van der Waals surface area contributed by atoms with Crippen molar-refractivity contribution in [3.63, 3.8) is 0 Å². The molecule has 0 bridgehead atoms. The van der Waals surface area contributed by atoms with Crippen LogP contribution in [0.15, 0.2) is 23.1 Å². The van der Waals surface area contributed by atoms with Gasteiger partial charge in [0.15, 0.2) is 0 Å². The van der Waals surface area contributed by atoms with Crippen molar-refractivity contribution in [2.75, 3.05) is 5.32 Å². The third-order valence-electron chi connectivity index (χ3n) is 2.99. The molecule has 0 amide bonds. The zero-order valence-electron chi connectivity index (χ0n) is 11.8. The van der Waals surface area contributed by atoms with Gasteiger partial charge in [-0.2, -0.15) is 5.10 Å². The normalized spacial score (nSPS) is 12.4. The van der Waals surface area contributed by atoms with Gasteiger partial charge in [-0.05, 0) is 32.9 Å². The van der Waals surface area contributed by atoms with Gasteiger partial charge in [-0.25, -0.2) is 4.68 Å². The summed E-state index contributed by atoms with van der Waals surface area (Å²) in [5, 5.41) is 7.55. The Kier molecular flexibility index (Phi) is 4.83. The van der Waals surface area contributed by atoms with Gasteiger partial charge in [0.25, 0.3) is 5.56 Å². The third-order valence-corrected chi connectivity index (χ3v) is 4.38. The number of nitrogens with one attached hydrogen (secondary N) is 1. The van der Waals surface area contributed by atoms with Crippen LogP contribution in [-0.4, -0.2) is 15.8 Å². The van der Waals surface area contributed by atoms with Crippen molar-refractivity contribution in [1.82, 2.24) is 9.78 Å². The number of rotatable bonds is 5. The molecule has 108 valence electrons. The lowest BCUT2D eigenvalue weighted by atomic mass is 10.2. The summed E-state index contributed by atoms with van der Waals surface area (Å²) >= 11 is 7.88. The van der Waals surface area contributed by atoms with Crippen LogP contribution in [0.5, 0.6) is 0 Å². The number of hydrogen-bond acceptors (Lipinski definition) is 4. The number of anilines is 1. The van der Waals surface area contributed by atoms with Crippen molar-refractivity contribution >= 4 is 28.6 Å². The summed E-state index contributed by atoms with van der Waals surface area (Å²) in [6.45, 7) is 6.54. The molecule has 4 nitrogen and oxygen atoms in total. The second-order valence-corrected chi connectivity index (χ2v) is 6.51. The van der Waals surface area contributed by atoms with Crippen LogP contribution in [0, 0.1) is 6.92 Å². The van der Waals surface area contributed by atoms with Crippen molar-refractivity contribution in [3.8, 4) is 0 Å². The molecule has 0 aliphatic carbocycles. The Morgan fingerprint density at radius 2 is 2.25 bits per heavy atom. The average Bonchev–Trinajstić information content (AvgIpc) is 2.80. The van der Waals surface area contributed by atoms with Gasteiger partial charge in [-0.15, -0.1) is 11.3 Å². The first-order chi connectivity index (χ1) is 9.51. The maximum Gasteiger partial charge on any atom is 0.287 e. The summed E-state index contributed by atoms with van der Waals surface area (Å²) in [5.74, 6) is 0. The van der Waals surface area contributed by atoms with E-state index in [0.717, 1.165) is 6.42 Å². The van der Waals surface area contributed by atoms with E-state index in [9.17, 15) is 4.79 Å². The largest absolute Gasteiger partial charge is 0.380 e. The molecule has 0 saturated heterocycles. The first-order valence-corrected chi connectivity index (χ1v) is 7.78. The van der Waals surface area contributed by atoms with Crippen LogP contribution in [0.1, 0.15) is 23.6 Å². The smallest absolute Gasteiger partial charge is 0.287 e. The molecule has 0 spiro atoms. The van der Waals surface area contributed by atoms with Crippen LogP contribution in [0.3, 0.4) is 0 Å². The Morgan fingerprint density at radius 3 is 2.85 bits per heavy atom. The molecule has 0 radical (unpaired) electrons. The molecular formula is C14H18ClN3OS. The van der Waals surface area contributed by atoms with E-state index in [4.69, 9.17) is 11.6 Å². The van der Waals surface area contributed by atoms with Crippen LogP contribution < -0.4 is 10.9 Å². The molecule has 2 aromatic heterocycles. The highest BCUT2D eigenvalue weighted by Crippen LogP contribution is 2.20. The maximum atomic E-state index is 11.9. The van der Waals surface area contributed by atoms with Gasteiger partial charge in [0.1, 0.15) is 5.02 Å². The maximum absolute atomic E-state index is 11.9. The molecule has 20 heavy (non-hydrogen) atoms. The van der Waals surface area contributed by atoms with Gasteiger partial charge < -0.3 is 5.32 Å². The Balaban J connectivity index is 2.10. The molecular weight excluding hydrogens is 294 g/mol. The summed E-state index contributed by atoms with van der Waals surface area (Å²) in [6, 6.07) is 4.43. The van der Waals surface area contributed by atoms with E-state index in [1.807, 2.05) is 6.92 Å². The Bertz CT molecular complexity index is 650. The van der Waals surface area contributed by atoms with Gasteiger partial charge in [0, 0.05) is 28.8 Å². The van der Waals surface area contributed by atoms with Crippen molar-refractivity contribution in [1.29, 1.82) is 0 Å². The summed E-state index contributed by atoms with van der Waals surface area (Å²) in [6.07, 6.45) is 2.51. The number of aromatic nitrogens is 2. The highest BCUT2D eigenvalue weighted by Gasteiger charge is 2.11. The molecule has 2 heterocycles. The second kappa shape index (κ2) is 6.41. The van der Waals surface area contributed by atoms with E-state index in [1.165, 1.54) is 14.4 Å². The Morgan fingerprint density at radius 1 is 1.50 bits per heavy atom. The highest BCUT2D eigenvalue weighted by atomic mass is 35.5. The fraction of sp³-hybridized carbons (Fsp3) is 0.429. The van der Waals surface area contributed by atoms with Crippen LogP contribution in [0.25, 0.3) is 0 Å². The zero-order chi connectivity index (χ0) is 14.7. The summed E-state index contributed by atoms with van der Waals surface area (Å²) in [7, 11) is 0. The second-order valence-electron chi connectivity index (χ2n) is 4.76. The summed E-state index contributed by atoms with van der Waals surface area (Å²) in [5.41, 5.74) is 0.348. The summed E-state index contributed by atoms with van der Waals surface area (Å²) < 4.78 is 1.35. The number of aryl methyl sites for hydroxylation is 2. The topological polar surface area (TPSA) is 46.9 Å². The molecule has 0 aliphatic heterocycles. The predicted molar refractivity (Wildman–Crippen MR) is 85.0 cm³/mol. The molecule has 2 rings (SSSR count). The monoisotopic (exact) mass is 311 g/mol. The highest BCUT2D eigenvalue weighted by molar-refractivity contribution is 7.11. The minimum absolute atomic E-state index is 0.184. The number of thiophene rings is 1. The lowest BCUT2D eigenvalue weighted by Crippen LogP contribution is -2.25. The van der Waals surface area contributed by atoms with Crippen LogP contribution in [-0.2, 0) is 13.0 Å². The van der Waals surface area contributed by atoms with Crippen molar-refractivity contribution < 1.29 is 0 Å². The minimum atomic E-state index is -0.252. The van der Waals surface area contributed by atoms with Crippen molar-refractivity contribution in [3.05, 3.63) is 43.5 Å². The first kappa shape index (κ1) is 15.1. The quantitative estimate of drug-likeness (QED) is 0.921. The molecule has 0 aliphatic rings. The first-order valence-electron chi connectivity index (χ1n) is 6.58. The van der Waals surface area contributed by atoms with Gasteiger partial charge in [-0.3, -0.25) is 4.79 Å². The van der Waals surface area contributed by atoms with Gasteiger partial charge in [0.05, 0.1) is 11.9 Å². The van der Waals surface area contributed by atoms with Crippen LogP contribution >= 0.6 is 22.9 Å². The number of hydrogen-bond donors (Lipinski definition) is 1. The molecule has 1 atom stereocenters. The molecule has 1 N–H and O–H groups in total. The van der Waals surface area contributed by atoms with Gasteiger partial charge >= 0.3 is 0 Å². The van der Waals surface area contributed by atoms with E-state index >= 15 is 0 Å².